The zero-order chi connectivity index (χ0) is 97.7. The van der Waals surface area contributed by atoms with Crippen molar-refractivity contribution in [2.45, 2.75) is 212 Å². The van der Waals surface area contributed by atoms with E-state index in [0.29, 0.717) is 114 Å². The van der Waals surface area contributed by atoms with Crippen LogP contribution in [-0.2, 0) is 90.5 Å². The van der Waals surface area contributed by atoms with Crippen LogP contribution in [0.2, 0.25) is 0 Å². The second-order valence-electron chi connectivity index (χ2n) is 34.8. The SMILES string of the molecule is CC1(C)OB(C2=CC(=O)CC2)OC1(C)C.COC(=O)c1nc(NC(=O)C2CC2)ccc1Br.COC(=O)c1nc(NC(=O)C2CC2)ccc1C1=CC(=O)CC1.COC(=O)c1nc(NC(=O)C2CC2)ccc1C1=CC(=O)CC1.COC(=O)c1nc(NC(=O)C2CC2)ccc1C1=CC(O)CC1.COC(=O)c1nc(NC(=O)C2CC2)ccc1C1=CC(OC)CC1.O=C1C=C(Br)CC1.O=C1CCC(=O)C1. The fourth-order valence-electron chi connectivity index (χ4n) is 14.5. The average Bonchev–Trinajstić information content (AvgIpc) is 1.61. The van der Waals surface area contributed by atoms with Crippen LogP contribution in [0.25, 0.3) is 22.3 Å². The summed E-state index contributed by atoms with van der Waals surface area (Å²) in [5, 5.41) is 23.2. The zero-order valence-corrected chi connectivity index (χ0v) is 79.9. The Kier molecular flexibility index (Phi) is 36.2. The highest BCUT2D eigenvalue weighted by Crippen LogP contribution is 2.42. The Hall–Kier alpha value is -12.2. The molecule has 2 atom stereocenters. The molecule has 0 radical (unpaired) electrons. The predicted octanol–water partition coefficient (Wildman–Crippen LogP) is 13.9. The van der Waals surface area contributed by atoms with Gasteiger partial charge in [0.05, 0.1) is 69.9 Å². The van der Waals surface area contributed by atoms with Gasteiger partial charge in [-0.05, 0) is 276 Å². The number of rotatable bonds is 21. The highest BCUT2D eigenvalue weighted by Gasteiger charge is 2.53. The van der Waals surface area contributed by atoms with Gasteiger partial charge >= 0.3 is 37.0 Å². The number of ketones is 6. The van der Waals surface area contributed by atoms with E-state index in [4.69, 9.17) is 33.0 Å². The van der Waals surface area contributed by atoms with E-state index in [0.717, 1.165) is 128 Å². The van der Waals surface area contributed by atoms with Crippen molar-refractivity contribution in [2.75, 3.05) is 69.2 Å². The number of hydrogen-bond donors (Lipinski definition) is 6. The van der Waals surface area contributed by atoms with Crippen molar-refractivity contribution >= 4 is 184 Å². The third-order valence-electron chi connectivity index (χ3n) is 23.7. The Balaban J connectivity index is 0.000000152. The van der Waals surface area contributed by atoms with Crippen LogP contribution < -0.4 is 26.6 Å². The molecule has 135 heavy (non-hydrogen) atoms. The molecule has 35 nitrogen and oxygen atoms in total. The number of allylic oxidation sites excluding steroid dienone is 10. The summed E-state index contributed by atoms with van der Waals surface area (Å²) in [7, 11) is 7.79. The van der Waals surface area contributed by atoms with Crippen molar-refractivity contribution in [3.8, 4) is 0 Å². The fraction of sp³-hybridized carbons (Fsp3) is 0.454. The maximum Gasteiger partial charge on any atom is 0.490 e. The summed E-state index contributed by atoms with van der Waals surface area (Å²) in [6.45, 7) is 8.07. The van der Waals surface area contributed by atoms with Gasteiger partial charge in [-0.15, -0.1) is 0 Å². The molecule has 1 saturated heterocycles. The lowest BCUT2D eigenvalue weighted by atomic mass is 9.78. The van der Waals surface area contributed by atoms with Crippen LogP contribution in [-0.4, -0.2) is 197 Å². The number of aromatic nitrogens is 5. The second-order valence-corrected chi connectivity index (χ2v) is 36.7. The highest BCUT2D eigenvalue weighted by atomic mass is 79.9. The molecule has 38 heteroatoms. The van der Waals surface area contributed by atoms with E-state index in [-0.39, 0.29) is 153 Å². The minimum atomic E-state index is -0.585. The fourth-order valence-corrected chi connectivity index (χ4v) is 15.3. The lowest BCUT2D eigenvalue weighted by Crippen LogP contribution is -2.41. The first-order valence-electron chi connectivity index (χ1n) is 44.7. The number of methoxy groups -OCH3 is 6. The van der Waals surface area contributed by atoms with Gasteiger partial charge in [0.15, 0.2) is 51.6 Å². The number of carbonyl (C=O) groups is 16. The Morgan fingerprint density at radius 3 is 0.919 bits per heavy atom. The van der Waals surface area contributed by atoms with E-state index in [1.807, 2.05) is 39.8 Å². The number of halogens is 2. The molecular formula is C97H109BBr2N10O25. The number of aliphatic hydroxyl groups is 1. The van der Waals surface area contributed by atoms with Crippen LogP contribution in [0.15, 0.2) is 112 Å². The molecule has 1 aliphatic heterocycles. The zero-order valence-electron chi connectivity index (χ0n) is 76.8. The number of esters is 5. The molecule has 2 unspecified atom stereocenters. The van der Waals surface area contributed by atoms with Crippen molar-refractivity contribution < 1.29 is 120 Å². The Labute approximate surface area is 797 Å². The molecule has 6 saturated carbocycles. The molecule has 714 valence electrons. The van der Waals surface area contributed by atoms with Gasteiger partial charge in [0.25, 0.3) is 0 Å². The standard InChI is InChI=1S/C17H20N2O4.C16H18N2O4.2C16H16N2O4.C11H17BO3.C11H11BrN2O3.C5H5BrO.C5H6O2/c1-22-12-6-5-11(9-12)13-7-8-14(18-15(13)17(21)23-2)19-16(20)10-3-4-10;3*1-22-16(21)14-12(10-4-5-11(19)8-10)6-7-13(17-14)18-15(20)9-2-3-9;1-10(2)11(3,4)15-12(14-10)8-5-6-9(13)7-8;1-17-11(16)9-7(12)4-5-8(13-9)14-10(15)6-2-3-6;2*6-4-1-2-5(7)3-4/h7-10,12H,3-6H2,1-2H3,(H,18,19,20);6-9,11,19H,2-5H2,1H3,(H,17,18,20);2*6-9H,2-5H2,1H3,(H,17,18,20);7H,5-6H2,1-4H3;4-6H,2-3H2,1H3,(H,13,14,15);3H,1-2H2;1-3H2. The lowest BCUT2D eigenvalue weighted by molar-refractivity contribution is -0.122. The van der Waals surface area contributed by atoms with Crippen LogP contribution in [0.3, 0.4) is 0 Å². The molecule has 13 aliphatic rings. The Morgan fingerprint density at radius 1 is 0.356 bits per heavy atom. The lowest BCUT2D eigenvalue weighted by Gasteiger charge is -2.32. The first kappa shape index (κ1) is 103. The number of amides is 5. The average molecular weight is 1990 g/mol. The molecule has 12 aliphatic carbocycles. The van der Waals surface area contributed by atoms with Gasteiger partial charge in [-0.1, -0.05) is 28.1 Å². The van der Waals surface area contributed by atoms with Crippen LogP contribution in [0.4, 0.5) is 29.1 Å². The van der Waals surface area contributed by atoms with Crippen LogP contribution in [0.5, 0.6) is 0 Å². The summed E-state index contributed by atoms with van der Waals surface area (Å²) in [5.41, 5.74) is 7.14. The number of nitrogens with zero attached hydrogens (tertiary/aromatic N) is 5. The molecule has 6 heterocycles. The minimum absolute atomic E-state index is 0.0388. The van der Waals surface area contributed by atoms with Gasteiger partial charge in [-0.2, -0.15) is 0 Å². The molecule has 7 fully saturated rings. The van der Waals surface area contributed by atoms with Crippen molar-refractivity contribution in [1.29, 1.82) is 0 Å². The molecular weight excluding hydrogens is 1880 g/mol. The van der Waals surface area contributed by atoms with Crippen molar-refractivity contribution in [1.82, 2.24) is 24.9 Å². The van der Waals surface area contributed by atoms with E-state index in [2.05, 4.69) is 88.1 Å². The van der Waals surface area contributed by atoms with Gasteiger partial charge in [0.1, 0.15) is 40.7 Å². The number of nitrogens with one attached hydrogen (secondary N) is 5. The smallest absolute Gasteiger partial charge is 0.464 e. The Morgan fingerprint density at radius 2 is 0.659 bits per heavy atom. The molecule has 5 amide bonds. The quantitative estimate of drug-likeness (QED) is 0.0172. The highest BCUT2D eigenvalue weighted by molar-refractivity contribution is 9.11. The first-order valence-corrected chi connectivity index (χ1v) is 46.2. The Bertz CT molecular complexity index is 5550. The number of aliphatic hydroxyl groups excluding tert-OH is 1. The largest absolute Gasteiger partial charge is 0.490 e. The number of hydrogen-bond acceptors (Lipinski definition) is 30. The molecule has 5 aromatic rings. The number of pyridine rings is 5. The number of carbonyl (C=O) groups excluding carboxylic acids is 16. The molecule has 6 N–H and O–H groups in total. The summed E-state index contributed by atoms with van der Waals surface area (Å²) in [5.74, 6) is -0.280. The summed E-state index contributed by atoms with van der Waals surface area (Å²) < 4.78 is 42.3. The molecule has 18 rings (SSSR count). The maximum atomic E-state index is 12.1. The van der Waals surface area contributed by atoms with Gasteiger partial charge in [-0.25, -0.2) is 48.9 Å². The van der Waals surface area contributed by atoms with E-state index < -0.39 is 36.0 Å². The van der Waals surface area contributed by atoms with Gasteiger partial charge in [-0.3, -0.25) is 52.7 Å². The van der Waals surface area contributed by atoms with E-state index in [1.165, 1.54) is 47.7 Å². The number of anilines is 5. The summed E-state index contributed by atoms with van der Waals surface area (Å²) in [4.78, 5) is 204. The van der Waals surface area contributed by atoms with E-state index >= 15 is 0 Å². The maximum absolute atomic E-state index is 12.1. The van der Waals surface area contributed by atoms with Gasteiger partial charge < -0.3 is 69.4 Å². The summed E-state index contributed by atoms with van der Waals surface area (Å²) in [6.07, 6.45) is 27.9. The number of Topliss-reactive ketones (excluding diaryl/α,β-unsaturated/α-hetero) is 2. The predicted molar refractivity (Wildman–Crippen MR) is 502 cm³/mol. The molecule has 0 aromatic carbocycles. The third-order valence-corrected chi connectivity index (χ3v) is 25.0. The third kappa shape index (κ3) is 29.9. The molecule has 0 bridgehead atoms. The monoisotopic (exact) mass is 1980 g/mol. The molecule has 5 aromatic heterocycles. The summed E-state index contributed by atoms with van der Waals surface area (Å²) in [6, 6.07) is 16.9. The topological polar surface area (TPSA) is 492 Å². The number of ether oxygens (including phenoxy) is 6. The molecule has 0 spiro atoms. The van der Waals surface area contributed by atoms with Crippen molar-refractivity contribution in [2.24, 2.45) is 29.6 Å². The van der Waals surface area contributed by atoms with Crippen molar-refractivity contribution in [3.05, 3.63) is 162 Å². The normalized spacial score (nSPS) is 19.4. The van der Waals surface area contributed by atoms with Crippen LogP contribution >= 0.6 is 31.9 Å². The first-order chi connectivity index (χ1) is 64.4. The van der Waals surface area contributed by atoms with Gasteiger partial charge in [0, 0.05) is 97.5 Å². The van der Waals surface area contributed by atoms with Crippen LogP contribution in [0.1, 0.15) is 263 Å². The van der Waals surface area contributed by atoms with Gasteiger partial charge in [0.2, 0.25) is 29.5 Å². The minimum Gasteiger partial charge on any atom is -0.464 e. The van der Waals surface area contributed by atoms with Crippen LogP contribution in [0, 0.1) is 29.6 Å². The van der Waals surface area contributed by atoms with Crippen molar-refractivity contribution in [3.63, 3.8) is 0 Å². The second kappa shape index (κ2) is 47.3. The summed E-state index contributed by atoms with van der Waals surface area (Å²) >= 11 is 6.42. The van der Waals surface area contributed by atoms with E-state index in [9.17, 15) is 81.8 Å². The van der Waals surface area contributed by atoms with E-state index in [1.54, 1.807) is 79.9 Å².